The highest BCUT2D eigenvalue weighted by molar-refractivity contribution is 7.89. The number of ether oxygens (including phenoxy) is 1. The standard InChI is InChI=1S/C11H14N4O3S/c1-7-5-11(15-14-7)18-10-6-8(3-4-9(10)12)19(16,17)13-2/h3-6,13H,12H2,1-2H3,(H,14,15). The number of nitrogens with one attached hydrogen (secondary N) is 2. The van der Waals surface area contributed by atoms with E-state index in [4.69, 9.17) is 10.5 Å². The van der Waals surface area contributed by atoms with Crippen molar-refractivity contribution in [2.75, 3.05) is 12.8 Å². The van der Waals surface area contributed by atoms with Crippen molar-refractivity contribution in [3.05, 3.63) is 30.0 Å². The van der Waals surface area contributed by atoms with Crippen LogP contribution in [0.3, 0.4) is 0 Å². The monoisotopic (exact) mass is 282 g/mol. The van der Waals surface area contributed by atoms with Gasteiger partial charge in [-0.05, 0) is 26.1 Å². The molecule has 0 unspecified atom stereocenters. The number of nitrogens with two attached hydrogens (primary N) is 1. The van der Waals surface area contributed by atoms with E-state index in [9.17, 15) is 8.42 Å². The molecule has 0 atom stereocenters. The summed E-state index contributed by atoms with van der Waals surface area (Å²) in [4.78, 5) is 0.0754. The largest absolute Gasteiger partial charge is 0.435 e. The number of sulfonamides is 1. The van der Waals surface area contributed by atoms with Gasteiger partial charge in [-0.25, -0.2) is 13.1 Å². The summed E-state index contributed by atoms with van der Waals surface area (Å²) in [5, 5.41) is 6.61. The minimum absolute atomic E-state index is 0.0754. The van der Waals surface area contributed by atoms with Crippen LogP contribution in [0.1, 0.15) is 5.69 Å². The number of benzene rings is 1. The van der Waals surface area contributed by atoms with Crippen molar-refractivity contribution in [1.82, 2.24) is 14.9 Å². The normalized spacial score (nSPS) is 11.5. The van der Waals surface area contributed by atoms with Crippen molar-refractivity contribution in [3.63, 3.8) is 0 Å². The first-order valence-corrected chi connectivity index (χ1v) is 6.93. The summed E-state index contributed by atoms with van der Waals surface area (Å²) in [6, 6.07) is 5.91. The summed E-state index contributed by atoms with van der Waals surface area (Å²) >= 11 is 0. The van der Waals surface area contributed by atoms with Crippen molar-refractivity contribution < 1.29 is 13.2 Å². The maximum absolute atomic E-state index is 11.7. The summed E-state index contributed by atoms with van der Waals surface area (Å²) in [5.74, 6) is 0.561. The van der Waals surface area contributed by atoms with Crippen molar-refractivity contribution in [2.45, 2.75) is 11.8 Å². The van der Waals surface area contributed by atoms with Gasteiger partial charge in [-0.15, -0.1) is 5.10 Å². The molecular formula is C11H14N4O3S. The van der Waals surface area contributed by atoms with E-state index in [2.05, 4.69) is 14.9 Å². The zero-order valence-electron chi connectivity index (χ0n) is 10.5. The third-order valence-corrected chi connectivity index (χ3v) is 3.87. The Balaban J connectivity index is 2.38. The number of aromatic amines is 1. The van der Waals surface area contributed by atoms with E-state index in [-0.39, 0.29) is 10.6 Å². The lowest BCUT2D eigenvalue weighted by Gasteiger charge is -2.08. The molecule has 0 spiro atoms. The second kappa shape index (κ2) is 4.90. The summed E-state index contributed by atoms with van der Waals surface area (Å²) < 4.78 is 31.1. The summed E-state index contributed by atoms with van der Waals surface area (Å²) in [6.45, 7) is 1.82. The van der Waals surface area contributed by atoms with Gasteiger partial charge in [0, 0.05) is 17.8 Å². The molecule has 102 valence electrons. The van der Waals surface area contributed by atoms with Crippen LogP contribution in [-0.2, 0) is 10.0 Å². The molecule has 0 bridgehead atoms. The molecule has 4 N–H and O–H groups in total. The Kier molecular flexibility index (Phi) is 3.45. The molecule has 1 heterocycles. The van der Waals surface area contributed by atoms with Crippen molar-refractivity contribution in [3.8, 4) is 11.6 Å². The molecule has 0 aliphatic heterocycles. The highest BCUT2D eigenvalue weighted by Crippen LogP contribution is 2.29. The Hall–Kier alpha value is -2.06. The third kappa shape index (κ3) is 2.85. The van der Waals surface area contributed by atoms with Crippen LogP contribution in [0.4, 0.5) is 5.69 Å². The van der Waals surface area contributed by atoms with Crippen molar-refractivity contribution in [1.29, 1.82) is 0 Å². The molecule has 8 heteroatoms. The lowest BCUT2D eigenvalue weighted by molar-refractivity contribution is 0.462. The first-order chi connectivity index (χ1) is 8.92. The Labute approximate surface area is 110 Å². The smallest absolute Gasteiger partial charge is 0.240 e. The Bertz CT molecular complexity index is 694. The topological polar surface area (TPSA) is 110 Å². The van der Waals surface area contributed by atoms with Gasteiger partial charge in [-0.1, -0.05) is 0 Å². The lowest BCUT2D eigenvalue weighted by atomic mass is 10.3. The van der Waals surface area contributed by atoms with E-state index in [0.717, 1.165) is 5.69 Å². The predicted molar refractivity (Wildman–Crippen MR) is 70.5 cm³/mol. The van der Waals surface area contributed by atoms with Gasteiger partial charge >= 0.3 is 0 Å². The molecule has 2 aromatic rings. The molecule has 1 aromatic heterocycles. The molecular weight excluding hydrogens is 268 g/mol. The van der Waals surface area contributed by atoms with E-state index >= 15 is 0 Å². The van der Waals surface area contributed by atoms with Gasteiger partial charge in [0.15, 0.2) is 5.75 Å². The highest BCUT2D eigenvalue weighted by Gasteiger charge is 2.14. The lowest BCUT2D eigenvalue weighted by Crippen LogP contribution is -2.18. The molecule has 0 radical (unpaired) electrons. The number of hydrogen-bond donors (Lipinski definition) is 3. The van der Waals surface area contributed by atoms with Gasteiger partial charge in [0.2, 0.25) is 15.9 Å². The minimum Gasteiger partial charge on any atom is -0.435 e. The van der Waals surface area contributed by atoms with Gasteiger partial charge in [0.25, 0.3) is 0 Å². The second-order valence-electron chi connectivity index (χ2n) is 3.90. The molecule has 19 heavy (non-hydrogen) atoms. The summed E-state index contributed by atoms with van der Waals surface area (Å²) in [7, 11) is -2.20. The maximum atomic E-state index is 11.7. The van der Waals surface area contributed by atoms with Crippen LogP contribution in [0.25, 0.3) is 0 Å². The molecule has 0 fully saturated rings. The van der Waals surface area contributed by atoms with Crippen LogP contribution in [-0.4, -0.2) is 25.7 Å². The number of hydrogen-bond acceptors (Lipinski definition) is 5. The van der Waals surface area contributed by atoms with Crippen molar-refractivity contribution >= 4 is 15.7 Å². The van der Waals surface area contributed by atoms with Crippen LogP contribution < -0.4 is 15.2 Å². The van der Waals surface area contributed by atoms with E-state index < -0.39 is 10.0 Å². The predicted octanol–water partition coefficient (Wildman–Crippen LogP) is 1.00. The van der Waals surface area contributed by atoms with Gasteiger partial charge in [-0.3, -0.25) is 5.10 Å². The number of aromatic nitrogens is 2. The molecule has 0 aliphatic carbocycles. The van der Waals surface area contributed by atoms with Crippen LogP contribution in [0.5, 0.6) is 11.6 Å². The number of rotatable bonds is 4. The van der Waals surface area contributed by atoms with Crippen LogP contribution >= 0.6 is 0 Å². The van der Waals surface area contributed by atoms with Crippen LogP contribution in [0, 0.1) is 6.92 Å². The molecule has 1 aromatic carbocycles. The summed E-state index contributed by atoms with van der Waals surface area (Å²) in [6.07, 6.45) is 0. The van der Waals surface area contributed by atoms with E-state index in [1.54, 1.807) is 6.07 Å². The van der Waals surface area contributed by atoms with E-state index in [1.165, 1.54) is 25.2 Å². The number of aryl methyl sites for hydroxylation is 1. The second-order valence-corrected chi connectivity index (χ2v) is 5.78. The fourth-order valence-corrected chi connectivity index (χ4v) is 2.19. The van der Waals surface area contributed by atoms with Gasteiger partial charge in [0.1, 0.15) is 0 Å². The molecule has 0 saturated carbocycles. The number of nitrogen functional groups attached to an aromatic ring is 1. The zero-order valence-corrected chi connectivity index (χ0v) is 11.3. The number of anilines is 1. The highest BCUT2D eigenvalue weighted by atomic mass is 32.2. The molecule has 0 saturated heterocycles. The molecule has 0 aliphatic rings. The third-order valence-electron chi connectivity index (χ3n) is 2.46. The Morgan fingerprint density at radius 3 is 2.68 bits per heavy atom. The molecule has 7 nitrogen and oxygen atoms in total. The number of H-pyrrole nitrogens is 1. The zero-order chi connectivity index (χ0) is 14.0. The first-order valence-electron chi connectivity index (χ1n) is 5.45. The van der Waals surface area contributed by atoms with E-state index in [1.807, 2.05) is 6.92 Å². The van der Waals surface area contributed by atoms with Gasteiger partial charge in [0.05, 0.1) is 10.6 Å². The SMILES string of the molecule is CNS(=O)(=O)c1ccc(N)c(Oc2cc(C)[nH]n2)c1. The average Bonchev–Trinajstić information content (AvgIpc) is 2.77. The Morgan fingerprint density at radius 1 is 1.37 bits per heavy atom. The van der Waals surface area contributed by atoms with Crippen LogP contribution in [0.15, 0.2) is 29.2 Å². The maximum Gasteiger partial charge on any atom is 0.240 e. The average molecular weight is 282 g/mol. The summed E-state index contributed by atoms with van der Waals surface area (Å²) in [5.41, 5.74) is 6.91. The van der Waals surface area contributed by atoms with E-state index in [0.29, 0.717) is 11.6 Å². The first kappa shape index (κ1) is 13.4. The van der Waals surface area contributed by atoms with Crippen LogP contribution in [0.2, 0.25) is 0 Å². The van der Waals surface area contributed by atoms with Gasteiger partial charge in [-0.2, -0.15) is 0 Å². The van der Waals surface area contributed by atoms with Crippen molar-refractivity contribution in [2.24, 2.45) is 0 Å². The fraction of sp³-hybridized carbons (Fsp3) is 0.182. The fourth-order valence-electron chi connectivity index (χ4n) is 1.45. The number of nitrogens with zero attached hydrogens (tertiary/aromatic N) is 1. The molecule has 2 rings (SSSR count). The Morgan fingerprint density at radius 2 is 2.11 bits per heavy atom. The quantitative estimate of drug-likeness (QED) is 0.725. The molecule has 0 amide bonds. The minimum atomic E-state index is -3.54. The van der Waals surface area contributed by atoms with Gasteiger partial charge < -0.3 is 10.5 Å².